The molecule has 74 valence electrons. The Balaban J connectivity index is 2.29. The van der Waals surface area contributed by atoms with Crippen molar-refractivity contribution in [2.24, 2.45) is 0 Å². The van der Waals surface area contributed by atoms with Crippen molar-refractivity contribution in [2.75, 3.05) is 6.73 Å². The number of aryl methyl sites for hydroxylation is 1. The van der Waals surface area contributed by atoms with Crippen LogP contribution in [0.25, 0.3) is 0 Å². The van der Waals surface area contributed by atoms with Crippen molar-refractivity contribution in [2.45, 2.75) is 20.4 Å². The number of carbonyl (C=O) groups is 1. The Bertz CT molecular complexity index is 374. The van der Waals surface area contributed by atoms with Gasteiger partial charge in [-0.25, -0.2) is 0 Å². The van der Waals surface area contributed by atoms with Crippen molar-refractivity contribution in [1.29, 1.82) is 0 Å². The Morgan fingerprint density at radius 1 is 1.50 bits per heavy atom. The first-order chi connectivity index (χ1) is 6.66. The third-order valence-corrected chi connectivity index (χ3v) is 2.40. The zero-order valence-corrected chi connectivity index (χ0v) is 8.41. The fourth-order valence-electron chi connectivity index (χ4n) is 1.57. The van der Waals surface area contributed by atoms with Gasteiger partial charge in [-0.15, -0.1) is 0 Å². The molecule has 0 radical (unpaired) electrons. The van der Waals surface area contributed by atoms with Crippen LogP contribution in [0, 0.1) is 6.92 Å². The van der Waals surface area contributed by atoms with E-state index in [1.54, 1.807) is 11.8 Å². The molecule has 3 heteroatoms. The minimum absolute atomic E-state index is 0.0529. The lowest BCUT2D eigenvalue weighted by atomic mass is 10.1. The van der Waals surface area contributed by atoms with Gasteiger partial charge in [-0.2, -0.15) is 0 Å². The van der Waals surface area contributed by atoms with Gasteiger partial charge in [0.15, 0.2) is 6.73 Å². The minimum atomic E-state index is 0.0529. The maximum atomic E-state index is 11.1. The van der Waals surface area contributed by atoms with Gasteiger partial charge >= 0.3 is 0 Å². The number of hydrogen-bond donors (Lipinski definition) is 0. The molecule has 0 atom stereocenters. The second kappa shape index (κ2) is 3.33. The molecule has 14 heavy (non-hydrogen) atoms. The van der Waals surface area contributed by atoms with Gasteiger partial charge in [0.1, 0.15) is 5.75 Å². The third-order valence-electron chi connectivity index (χ3n) is 2.40. The van der Waals surface area contributed by atoms with Gasteiger partial charge in [-0.3, -0.25) is 4.79 Å². The fourth-order valence-corrected chi connectivity index (χ4v) is 1.57. The minimum Gasteiger partial charge on any atom is -0.473 e. The first-order valence-electron chi connectivity index (χ1n) is 4.64. The highest BCUT2D eigenvalue weighted by Crippen LogP contribution is 2.25. The van der Waals surface area contributed by atoms with Crippen LogP contribution in [-0.4, -0.2) is 17.5 Å². The molecule has 0 aliphatic carbocycles. The van der Waals surface area contributed by atoms with Crippen molar-refractivity contribution >= 4 is 5.91 Å². The average molecular weight is 191 g/mol. The Morgan fingerprint density at radius 3 is 3.00 bits per heavy atom. The molecule has 1 aromatic rings. The normalized spacial score (nSPS) is 14.6. The molecule has 2 rings (SSSR count). The summed E-state index contributed by atoms with van der Waals surface area (Å²) in [5, 5.41) is 0. The van der Waals surface area contributed by atoms with Gasteiger partial charge in [0, 0.05) is 12.5 Å². The van der Waals surface area contributed by atoms with Crippen LogP contribution in [-0.2, 0) is 11.3 Å². The smallest absolute Gasteiger partial charge is 0.222 e. The summed E-state index contributed by atoms with van der Waals surface area (Å²) in [5.41, 5.74) is 2.28. The van der Waals surface area contributed by atoms with Crippen LogP contribution in [0.2, 0.25) is 0 Å². The standard InChI is InChI=1S/C11H13NO2/c1-8-3-4-11-10(5-8)6-12(7-14-11)9(2)13/h3-5H,6-7H2,1-2H3. The molecule has 0 saturated heterocycles. The Morgan fingerprint density at radius 2 is 2.29 bits per heavy atom. The number of nitrogens with zero attached hydrogens (tertiary/aromatic N) is 1. The van der Waals surface area contributed by atoms with Crippen LogP contribution < -0.4 is 4.74 Å². The lowest BCUT2D eigenvalue weighted by Gasteiger charge is -2.28. The number of rotatable bonds is 0. The van der Waals surface area contributed by atoms with Crippen molar-refractivity contribution in [3.8, 4) is 5.75 Å². The Labute approximate surface area is 83.3 Å². The quantitative estimate of drug-likeness (QED) is 0.624. The number of benzene rings is 1. The molecule has 1 aliphatic heterocycles. The van der Waals surface area contributed by atoms with Gasteiger partial charge in [-0.1, -0.05) is 17.7 Å². The zero-order valence-electron chi connectivity index (χ0n) is 8.41. The first kappa shape index (κ1) is 9.06. The van der Waals surface area contributed by atoms with E-state index in [1.165, 1.54) is 5.56 Å². The van der Waals surface area contributed by atoms with E-state index in [4.69, 9.17) is 4.74 Å². The predicted molar refractivity (Wildman–Crippen MR) is 52.9 cm³/mol. The highest BCUT2D eigenvalue weighted by molar-refractivity contribution is 5.73. The summed E-state index contributed by atoms with van der Waals surface area (Å²) in [4.78, 5) is 12.8. The molecule has 1 amide bonds. The van der Waals surface area contributed by atoms with E-state index in [0.29, 0.717) is 13.3 Å². The molecule has 0 N–H and O–H groups in total. The van der Waals surface area contributed by atoms with Crippen LogP contribution in [0.1, 0.15) is 18.1 Å². The molecule has 0 bridgehead atoms. The molecule has 1 heterocycles. The Kier molecular flexibility index (Phi) is 2.15. The summed E-state index contributed by atoms with van der Waals surface area (Å²) in [6, 6.07) is 6.04. The largest absolute Gasteiger partial charge is 0.473 e. The second-order valence-electron chi connectivity index (χ2n) is 3.60. The number of ether oxygens (including phenoxy) is 1. The highest BCUT2D eigenvalue weighted by atomic mass is 16.5. The van der Waals surface area contributed by atoms with E-state index in [0.717, 1.165) is 11.3 Å². The van der Waals surface area contributed by atoms with Gasteiger partial charge in [-0.05, 0) is 13.0 Å². The van der Waals surface area contributed by atoms with Crippen molar-refractivity contribution < 1.29 is 9.53 Å². The van der Waals surface area contributed by atoms with E-state index >= 15 is 0 Å². The number of carbonyl (C=O) groups excluding carboxylic acids is 1. The topological polar surface area (TPSA) is 29.5 Å². The monoisotopic (exact) mass is 191 g/mol. The fraction of sp³-hybridized carbons (Fsp3) is 0.364. The lowest BCUT2D eigenvalue weighted by molar-refractivity contribution is -0.133. The molecule has 1 aromatic carbocycles. The summed E-state index contributed by atoms with van der Waals surface area (Å²) in [6.45, 7) is 4.62. The van der Waals surface area contributed by atoms with E-state index in [-0.39, 0.29) is 5.91 Å². The second-order valence-corrected chi connectivity index (χ2v) is 3.60. The number of hydrogen-bond acceptors (Lipinski definition) is 2. The molecule has 0 spiro atoms. The summed E-state index contributed by atoms with van der Waals surface area (Å²) in [6.07, 6.45) is 0. The van der Waals surface area contributed by atoms with Crippen LogP contribution in [0.15, 0.2) is 18.2 Å². The van der Waals surface area contributed by atoms with Crippen LogP contribution in [0.3, 0.4) is 0 Å². The van der Waals surface area contributed by atoms with Crippen LogP contribution in [0.5, 0.6) is 5.75 Å². The Hall–Kier alpha value is -1.51. The molecule has 0 fully saturated rings. The molecular weight excluding hydrogens is 178 g/mol. The third kappa shape index (κ3) is 1.58. The summed E-state index contributed by atoms with van der Waals surface area (Å²) < 4.78 is 5.46. The van der Waals surface area contributed by atoms with E-state index in [1.807, 2.05) is 19.1 Å². The molecule has 0 aromatic heterocycles. The summed E-state index contributed by atoms with van der Waals surface area (Å²) in [5.74, 6) is 0.949. The van der Waals surface area contributed by atoms with E-state index in [2.05, 4.69) is 6.07 Å². The maximum absolute atomic E-state index is 11.1. The van der Waals surface area contributed by atoms with E-state index in [9.17, 15) is 4.79 Å². The van der Waals surface area contributed by atoms with E-state index < -0.39 is 0 Å². The number of amides is 1. The SMILES string of the molecule is CC(=O)N1COc2ccc(C)cc2C1. The van der Waals surface area contributed by atoms with Crippen molar-refractivity contribution in [1.82, 2.24) is 4.90 Å². The van der Waals surface area contributed by atoms with Gasteiger partial charge in [0.05, 0.1) is 6.54 Å². The molecular formula is C11H13NO2. The highest BCUT2D eigenvalue weighted by Gasteiger charge is 2.18. The summed E-state index contributed by atoms with van der Waals surface area (Å²) in [7, 11) is 0. The molecule has 0 unspecified atom stereocenters. The van der Waals surface area contributed by atoms with Gasteiger partial charge in [0.25, 0.3) is 0 Å². The predicted octanol–water partition coefficient (Wildman–Crippen LogP) is 1.69. The lowest BCUT2D eigenvalue weighted by Crippen LogP contribution is -2.35. The van der Waals surface area contributed by atoms with Crippen LogP contribution >= 0.6 is 0 Å². The zero-order chi connectivity index (χ0) is 10.1. The summed E-state index contributed by atoms with van der Waals surface area (Å²) >= 11 is 0. The molecule has 3 nitrogen and oxygen atoms in total. The molecule has 1 aliphatic rings. The molecule has 0 saturated carbocycles. The van der Waals surface area contributed by atoms with Crippen molar-refractivity contribution in [3.05, 3.63) is 29.3 Å². The number of fused-ring (bicyclic) bond motifs is 1. The first-order valence-corrected chi connectivity index (χ1v) is 4.64. The van der Waals surface area contributed by atoms with Crippen molar-refractivity contribution in [3.63, 3.8) is 0 Å². The van der Waals surface area contributed by atoms with Crippen LogP contribution in [0.4, 0.5) is 0 Å². The average Bonchev–Trinajstić information content (AvgIpc) is 2.16. The maximum Gasteiger partial charge on any atom is 0.222 e. The van der Waals surface area contributed by atoms with Gasteiger partial charge < -0.3 is 9.64 Å². The van der Waals surface area contributed by atoms with Gasteiger partial charge in [0.2, 0.25) is 5.91 Å².